The van der Waals surface area contributed by atoms with Gasteiger partial charge in [0, 0.05) is 0 Å². The summed E-state index contributed by atoms with van der Waals surface area (Å²) in [6, 6.07) is 5.66. The van der Waals surface area contributed by atoms with Gasteiger partial charge in [0.2, 0.25) is 0 Å². The first kappa shape index (κ1) is 12.2. The highest BCUT2D eigenvalue weighted by atomic mass is 16.3. The maximum Gasteiger partial charge on any atom is 0.0843 e. The highest BCUT2D eigenvalue weighted by Gasteiger charge is 2.21. The Bertz CT molecular complexity index is 354. The zero-order chi connectivity index (χ0) is 11.9. The van der Waals surface area contributed by atoms with Crippen molar-refractivity contribution in [3.8, 4) is 0 Å². The molecule has 0 aromatic heterocycles. The van der Waals surface area contributed by atoms with Gasteiger partial charge in [-0.3, -0.25) is 0 Å². The van der Waals surface area contributed by atoms with Crippen LogP contribution < -0.4 is 0 Å². The summed E-state index contributed by atoms with van der Waals surface area (Å²) in [5, 5.41) is 19.7. The van der Waals surface area contributed by atoms with Crippen LogP contribution in [0.5, 0.6) is 0 Å². The molecule has 0 saturated carbocycles. The summed E-state index contributed by atoms with van der Waals surface area (Å²) in [5.41, 5.74) is 1.11. The number of rotatable bonds is 2. The molecule has 2 N–H and O–H groups in total. The first-order valence-electron chi connectivity index (χ1n) is 5.19. The third-order valence-corrected chi connectivity index (χ3v) is 2.59. The Morgan fingerprint density at radius 1 is 0.933 bits per heavy atom. The van der Waals surface area contributed by atoms with Gasteiger partial charge in [0.25, 0.3) is 0 Å². The lowest BCUT2D eigenvalue weighted by Gasteiger charge is -2.24. The Balaban J connectivity index is 3.21. The molecular formula is C13H20O2. The topological polar surface area (TPSA) is 40.5 Å². The van der Waals surface area contributed by atoms with Crippen molar-refractivity contribution >= 4 is 0 Å². The van der Waals surface area contributed by atoms with Gasteiger partial charge >= 0.3 is 0 Å². The molecule has 1 rings (SSSR count). The summed E-state index contributed by atoms with van der Waals surface area (Å²) in [4.78, 5) is 0. The van der Waals surface area contributed by atoms with Crippen LogP contribution in [0.25, 0.3) is 0 Å². The van der Waals surface area contributed by atoms with Crippen molar-refractivity contribution in [3.05, 3.63) is 34.9 Å². The van der Waals surface area contributed by atoms with E-state index < -0.39 is 11.2 Å². The molecule has 1 aromatic rings. The van der Waals surface area contributed by atoms with E-state index in [1.54, 1.807) is 27.7 Å². The number of hydrogen-bond donors (Lipinski definition) is 2. The summed E-state index contributed by atoms with van der Waals surface area (Å²) in [5.74, 6) is 0. The van der Waals surface area contributed by atoms with E-state index in [0.29, 0.717) is 0 Å². The molecule has 0 amide bonds. The summed E-state index contributed by atoms with van der Waals surface area (Å²) in [6.07, 6.45) is 0. The zero-order valence-corrected chi connectivity index (χ0v) is 10.1. The van der Waals surface area contributed by atoms with E-state index in [9.17, 15) is 10.2 Å². The van der Waals surface area contributed by atoms with Crippen LogP contribution in [0.4, 0.5) is 0 Å². The quantitative estimate of drug-likeness (QED) is 0.783. The standard InChI is InChI=1S/C13H20O2/c1-9-8-10(12(2,3)14)6-7-11(9)13(4,5)15/h6-8,14-15H,1-5H3. The van der Waals surface area contributed by atoms with Gasteiger partial charge in [-0.05, 0) is 51.3 Å². The maximum absolute atomic E-state index is 9.90. The van der Waals surface area contributed by atoms with Gasteiger partial charge in [-0.15, -0.1) is 0 Å². The first-order chi connectivity index (χ1) is 6.62. The van der Waals surface area contributed by atoms with Crippen molar-refractivity contribution in [1.82, 2.24) is 0 Å². The summed E-state index contributed by atoms with van der Waals surface area (Å²) in [7, 11) is 0. The van der Waals surface area contributed by atoms with E-state index in [0.717, 1.165) is 16.7 Å². The van der Waals surface area contributed by atoms with Crippen LogP contribution in [0.3, 0.4) is 0 Å². The van der Waals surface area contributed by atoms with E-state index in [-0.39, 0.29) is 0 Å². The molecule has 0 saturated heterocycles. The van der Waals surface area contributed by atoms with Crippen LogP contribution in [0.15, 0.2) is 18.2 Å². The van der Waals surface area contributed by atoms with Gasteiger partial charge in [-0.2, -0.15) is 0 Å². The number of hydrogen-bond acceptors (Lipinski definition) is 2. The third-order valence-electron chi connectivity index (χ3n) is 2.59. The van der Waals surface area contributed by atoms with E-state index in [4.69, 9.17) is 0 Å². The highest BCUT2D eigenvalue weighted by Crippen LogP contribution is 2.27. The Labute approximate surface area is 91.6 Å². The summed E-state index contributed by atoms with van der Waals surface area (Å²) >= 11 is 0. The lowest BCUT2D eigenvalue weighted by molar-refractivity contribution is 0.0738. The fourth-order valence-electron chi connectivity index (χ4n) is 1.73. The Kier molecular flexibility index (Phi) is 2.94. The minimum atomic E-state index is -0.831. The molecule has 0 aliphatic heterocycles. The molecule has 15 heavy (non-hydrogen) atoms. The van der Waals surface area contributed by atoms with Crippen LogP contribution in [0, 0.1) is 6.92 Å². The Hall–Kier alpha value is -0.860. The zero-order valence-electron chi connectivity index (χ0n) is 10.1. The third kappa shape index (κ3) is 2.80. The predicted octanol–water partition coefficient (Wildman–Crippen LogP) is 2.45. The Morgan fingerprint density at radius 2 is 1.47 bits per heavy atom. The lowest BCUT2D eigenvalue weighted by atomic mass is 9.89. The molecule has 0 radical (unpaired) electrons. The van der Waals surface area contributed by atoms with Gasteiger partial charge in [-0.1, -0.05) is 18.2 Å². The fourth-order valence-corrected chi connectivity index (χ4v) is 1.73. The minimum Gasteiger partial charge on any atom is -0.386 e. The molecule has 0 heterocycles. The smallest absolute Gasteiger partial charge is 0.0843 e. The van der Waals surface area contributed by atoms with Crippen LogP contribution >= 0.6 is 0 Å². The average molecular weight is 208 g/mol. The van der Waals surface area contributed by atoms with Gasteiger partial charge in [0.1, 0.15) is 0 Å². The van der Waals surface area contributed by atoms with Crippen molar-refractivity contribution in [2.45, 2.75) is 45.8 Å². The second kappa shape index (κ2) is 3.62. The monoisotopic (exact) mass is 208 g/mol. The van der Waals surface area contributed by atoms with Crippen LogP contribution in [-0.4, -0.2) is 10.2 Å². The normalized spacial score (nSPS) is 13.0. The predicted molar refractivity (Wildman–Crippen MR) is 61.7 cm³/mol. The minimum absolute atomic E-state index is 0.830. The molecule has 2 nitrogen and oxygen atoms in total. The van der Waals surface area contributed by atoms with Crippen molar-refractivity contribution in [3.63, 3.8) is 0 Å². The molecule has 0 atom stereocenters. The molecule has 1 aromatic carbocycles. The molecule has 0 bridgehead atoms. The van der Waals surface area contributed by atoms with Gasteiger partial charge < -0.3 is 10.2 Å². The second-order valence-electron chi connectivity index (χ2n) is 5.15. The molecule has 84 valence electrons. The highest BCUT2D eigenvalue weighted by molar-refractivity contribution is 5.36. The second-order valence-corrected chi connectivity index (χ2v) is 5.15. The van der Waals surface area contributed by atoms with E-state index >= 15 is 0 Å². The van der Waals surface area contributed by atoms with Crippen LogP contribution in [0.2, 0.25) is 0 Å². The van der Waals surface area contributed by atoms with E-state index in [2.05, 4.69) is 0 Å². The molecule has 2 heteroatoms. The van der Waals surface area contributed by atoms with Gasteiger partial charge in [0.05, 0.1) is 11.2 Å². The first-order valence-corrected chi connectivity index (χ1v) is 5.19. The summed E-state index contributed by atoms with van der Waals surface area (Å²) < 4.78 is 0. The molecule has 0 unspecified atom stereocenters. The van der Waals surface area contributed by atoms with Crippen molar-refractivity contribution in [2.75, 3.05) is 0 Å². The van der Waals surface area contributed by atoms with E-state index in [1.807, 2.05) is 25.1 Å². The number of aryl methyl sites for hydroxylation is 1. The van der Waals surface area contributed by atoms with Gasteiger partial charge in [-0.25, -0.2) is 0 Å². The number of benzene rings is 1. The fraction of sp³-hybridized carbons (Fsp3) is 0.538. The van der Waals surface area contributed by atoms with E-state index in [1.165, 1.54) is 0 Å². The lowest BCUT2D eigenvalue weighted by Crippen LogP contribution is -2.20. The molecule has 0 spiro atoms. The molecule has 0 aliphatic rings. The van der Waals surface area contributed by atoms with Crippen LogP contribution in [-0.2, 0) is 11.2 Å². The maximum atomic E-state index is 9.90. The molecular weight excluding hydrogens is 188 g/mol. The summed E-state index contributed by atoms with van der Waals surface area (Å²) in [6.45, 7) is 8.98. The SMILES string of the molecule is Cc1cc(C(C)(C)O)ccc1C(C)(C)O. The largest absolute Gasteiger partial charge is 0.386 e. The van der Waals surface area contributed by atoms with Gasteiger partial charge in [0.15, 0.2) is 0 Å². The Morgan fingerprint density at radius 3 is 1.80 bits per heavy atom. The number of aliphatic hydroxyl groups is 2. The molecule has 0 aliphatic carbocycles. The molecule has 0 fully saturated rings. The van der Waals surface area contributed by atoms with Crippen molar-refractivity contribution in [2.24, 2.45) is 0 Å². The van der Waals surface area contributed by atoms with Crippen molar-refractivity contribution in [1.29, 1.82) is 0 Å². The van der Waals surface area contributed by atoms with Crippen LogP contribution in [0.1, 0.15) is 44.4 Å². The van der Waals surface area contributed by atoms with Crippen molar-refractivity contribution < 1.29 is 10.2 Å². The average Bonchev–Trinajstić information content (AvgIpc) is 1.99.